The SMILES string of the molecule is C#CCCC1(CCC(=O)N2CCC(OC)CC2)N=N1. The number of terminal acetylenes is 1. The van der Waals surface area contributed by atoms with Gasteiger partial charge in [-0.2, -0.15) is 10.2 Å². The summed E-state index contributed by atoms with van der Waals surface area (Å²) in [5, 5.41) is 8.10. The van der Waals surface area contributed by atoms with Crippen LogP contribution in [0.3, 0.4) is 0 Å². The number of likely N-dealkylation sites (tertiary alicyclic amines) is 1. The molecular weight excluding hydrogens is 242 g/mol. The zero-order valence-electron chi connectivity index (χ0n) is 11.5. The van der Waals surface area contributed by atoms with E-state index in [4.69, 9.17) is 11.2 Å². The molecule has 5 heteroatoms. The molecule has 1 fully saturated rings. The standard InChI is InChI=1S/C14H21N3O2/c1-3-4-8-14(15-16-14)9-5-13(18)17-10-6-12(19-2)7-11-17/h1,12H,4-11H2,2H3. The molecule has 2 aliphatic rings. The van der Waals surface area contributed by atoms with Crippen molar-refractivity contribution in [1.82, 2.24) is 4.90 Å². The first kappa shape index (κ1) is 14.0. The van der Waals surface area contributed by atoms with Crippen molar-refractivity contribution in [1.29, 1.82) is 0 Å². The van der Waals surface area contributed by atoms with Crippen molar-refractivity contribution in [2.75, 3.05) is 20.2 Å². The molecule has 0 aromatic rings. The average Bonchev–Trinajstić information content (AvgIpc) is 3.23. The largest absolute Gasteiger partial charge is 0.381 e. The summed E-state index contributed by atoms with van der Waals surface area (Å²) in [5.74, 6) is 2.80. The van der Waals surface area contributed by atoms with Gasteiger partial charge in [0.2, 0.25) is 5.91 Å². The van der Waals surface area contributed by atoms with E-state index >= 15 is 0 Å². The zero-order chi connectivity index (χ0) is 13.7. The predicted octanol–water partition coefficient (Wildman–Crippen LogP) is 1.98. The van der Waals surface area contributed by atoms with Crippen molar-refractivity contribution < 1.29 is 9.53 Å². The number of ether oxygens (including phenoxy) is 1. The van der Waals surface area contributed by atoms with Crippen molar-refractivity contribution in [2.24, 2.45) is 10.2 Å². The minimum atomic E-state index is -0.340. The first-order chi connectivity index (χ1) is 9.19. The van der Waals surface area contributed by atoms with Crippen LogP contribution in [0.15, 0.2) is 10.2 Å². The van der Waals surface area contributed by atoms with Gasteiger partial charge >= 0.3 is 0 Å². The van der Waals surface area contributed by atoms with E-state index in [1.165, 1.54) is 0 Å². The fourth-order valence-corrected chi connectivity index (χ4v) is 2.47. The summed E-state index contributed by atoms with van der Waals surface area (Å²) in [4.78, 5) is 14.0. The van der Waals surface area contributed by atoms with Gasteiger partial charge < -0.3 is 9.64 Å². The number of nitrogens with zero attached hydrogens (tertiary/aromatic N) is 3. The van der Waals surface area contributed by atoms with Gasteiger partial charge in [-0.15, -0.1) is 12.3 Å². The predicted molar refractivity (Wildman–Crippen MR) is 71.5 cm³/mol. The first-order valence-corrected chi connectivity index (χ1v) is 6.87. The third-order valence-corrected chi connectivity index (χ3v) is 3.92. The molecule has 2 rings (SSSR count). The number of methoxy groups -OCH3 is 1. The fourth-order valence-electron chi connectivity index (χ4n) is 2.47. The molecule has 0 saturated carbocycles. The Morgan fingerprint density at radius 1 is 1.42 bits per heavy atom. The van der Waals surface area contributed by atoms with Gasteiger partial charge in [0.1, 0.15) is 0 Å². The van der Waals surface area contributed by atoms with Crippen molar-refractivity contribution in [3.05, 3.63) is 0 Å². The van der Waals surface area contributed by atoms with E-state index < -0.39 is 0 Å². The van der Waals surface area contributed by atoms with Crippen molar-refractivity contribution in [3.63, 3.8) is 0 Å². The smallest absolute Gasteiger partial charge is 0.222 e. The molecule has 19 heavy (non-hydrogen) atoms. The van der Waals surface area contributed by atoms with Crippen LogP contribution in [-0.2, 0) is 9.53 Å². The van der Waals surface area contributed by atoms with Gasteiger partial charge in [0.05, 0.1) is 6.10 Å². The minimum Gasteiger partial charge on any atom is -0.381 e. The topological polar surface area (TPSA) is 54.3 Å². The first-order valence-electron chi connectivity index (χ1n) is 6.87. The van der Waals surface area contributed by atoms with Crippen LogP contribution in [0.5, 0.6) is 0 Å². The molecule has 0 radical (unpaired) electrons. The molecular formula is C14H21N3O2. The molecule has 0 aliphatic carbocycles. The van der Waals surface area contributed by atoms with Crippen molar-refractivity contribution in [2.45, 2.75) is 50.3 Å². The van der Waals surface area contributed by atoms with Gasteiger partial charge in [-0.05, 0) is 12.8 Å². The quantitative estimate of drug-likeness (QED) is 0.688. The highest BCUT2D eigenvalue weighted by Gasteiger charge is 2.39. The second-order valence-corrected chi connectivity index (χ2v) is 5.20. The summed E-state index contributed by atoms with van der Waals surface area (Å²) < 4.78 is 5.30. The Bertz CT molecular complexity index is 386. The van der Waals surface area contributed by atoms with Crippen LogP contribution >= 0.6 is 0 Å². The Kier molecular flexibility index (Phi) is 4.54. The Morgan fingerprint density at radius 2 is 2.11 bits per heavy atom. The summed E-state index contributed by atoms with van der Waals surface area (Å²) in [5.41, 5.74) is -0.340. The Labute approximate surface area is 114 Å². The average molecular weight is 263 g/mol. The molecule has 2 aliphatic heterocycles. The summed E-state index contributed by atoms with van der Waals surface area (Å²) in [6, 6.07) is 0. The maximum absolute atomic E-state index is 12.1. The van der Waals surface area contributed by atoms with Gasteiger partial charge in [-0.25, -0.2) is 0 Å². The maximum Gasteiger partial charge on any atom is 0.222 e. The third kappa shape index (κ3) is 3.77. The van der Waals surface area contributed by atoms with Crippen molar-refractivity contribution in [3.8, 4) is 12.3 Å². The number of hydrogen-bond acceptors (Lipinski definition) is 4. The number of carbonyl (C=O) groups is 1. The monoisotopic (exact) mass is 263 g/mol. The van der Waals surface area contributed by atoms with Crippen molar-refractivity contribution >= 4 is 5.91 Å². The number of piperidine rings is 1. The van der Waals surface area contributed by atoms with E-state index in [0.29, 0.717) is 25.4 Å². The molecule has 0 unspecified atom stereocenters. The lowest BCUT2D eigenvalue weighted by Gasteiger charge is -2.31. The Balaban J connectivity index is 1.69. The summed E-state index contributed by atoms with van der Waals surface area (Å²) in [6.45, 7) is 1.59. The molecule has 0 spiro atoms. The molecule has 0 N–H and O–H groups in total. The van der Waals surface area contributed by atoms with E-state index in [2.05, 4.69) is 16.1 Å². The Morgan fingerprint density at radius 3 is 2.63 bits per heavy atom. The highest BCUT2D eigenvalue weighted by molar-refractivity contribution is 5.76. The van der Waals surface area contributed by atoms with E-state index in [-0.39, 0.29) is 11.6 Å². The van der Waals surface area contributed by atoms with E-state index in [9.17, 15) is 4.79 Å². The molecule has 0 bridgehead atoms. The number of amides is 1. The van der Waals surface area contributed by atoms with E-state index in [1.807, 2.05) is 4.90 Å². The highest BCUT2D eigenvalue weighted by atomic mass is 16.5. The van der Waals surface area contributed by atoms with Crippen LogP contribution in [0.4, 0.5) is 0 Å². The number of hydrogen-bond donors (Lipinski definition) is 0. The molecule has 1 amide bonds. The zero-order valence-corrected chi connectivity index (χ0v) is 11.5. The summed E-state index contributed by atoms with van der Waals surface area (Å²) in [6.07, 6.45) is 10.0. The molecule has 1 saturated heterocycles. The molecule has 0 aromatic heterocycles. The number of carbonyl (C=O) groups excluding carboxylic acids is 1. The van der Waals surface area contributed by atoms with Crippen LogP contribution in [0.2, 0.25) is 0 Å². The van der Waals surface area contributed by atoms with E-state index in [1.54, 1.807) is 7.11 Å². The highest BCUT2D eigenvalue weighted by Crippen LogP contribution is 2.37. The Hall–Kier alpha value is -1.41. The van der Waals surface area contributed by atoms with Gasteiger partial charge in [-0.3, -0.25) is 4.79 Å². The molecule has 0 atom stereocenters. The van der Waals surface area contributed by atoms with Crippen LogP contribution in [-0.4, -0.2) is 42.8 Å². The normalized spacial score (nSPS) is 21.2. The maximum atomic E-state index is 12.1. The lowest BCUT2D eigenvalue weighted by atomic mass is 10.0. The van der Waals surface area contributed by atoms with Gasteiger partial charge in [0, 0.05) is 45.9 Å². The second kappa shape index (κ2) is 6.16. The third-order valence-electron chi connectivity index (χ3n) is 3.92. The second-order valence-electron chi connectivity index (χ2n) is 5.20. The molecule has 5 nitrogen and oxygen atoms in total. The van der Waals surface area contributed by atoms with Gasteiger partial charge in [-0.1, -0.05) is 0 Å². The lowest BCUT2D eigenvalue weighted by Crippen LogP contribution is -2.40. The molecule has 0 aromatic carbocycles. The minimum absolute atomic E-state index is 0.201. The lowest BCUT2D eigenvalue weighted by molar-refractivity contribution is -0.133. The van der Waals surface area contributed by atoms with E-state index in [0.717, 1.165) is 32.4 Å². The van der Waals surface area contributed by atoms with Gasteiger partial charge in [0.25, 0.3) is 0 Å². The van der Waals surface area contributed by atoms with Gasteiger partial charge in [0.15, 0.2) is 5.66 Å². The fraction of sp³-hybridized carbons (Fsp3) is 0.786. The van der Waals surface area contributed by atoms with Crippen LogP contribution in [0.25, 0.3) is 0 Å². The molecule has 2 heterocycles. The summed E-state index contributed by atoms with van der Waals surface area (Å²) >= 11 is 0. The van der Waals surface area contributed by atoms with Crippen LogP contribution in [0.1, 0.15) is 38.5 Å². The molecule has 104 valence electrons. The van der Waals surface area contributed by atoms with Crippen LogP contribution < -0.4 is 0 Å². The number of rotatable bonds is 6. The summed E-state index contributed by atoms with van der Waals surface area (Å²) in [7, 11) is 1.73. The van der Waals surface area contributed by atoms with Crippen LogP contribution in [0, 0.1) is 12.3 Å².